The van der Waals surface area contributed by atoms with E-state index in [0.717, 1.165) is 50.7 Å². The fraction of sp³-hybridized carbons (Fsp3) is 0.724. The van der Waals surface area contributed by atoms with Gasteiger partial charge in [0.15, 0.2) is 0 Å². The molecule has 1 aromatic carbocycles. The molecule has 178 valence electrons. The maximum atomic E-state index is 6.56. The first-order chi connectivity index (χ1) is 14.9. The van der Waals surface area contributed by atoms with Crippen LogP contribution in [0.3, 0.4) is 0 Å². The largest absolute Gasteiger partial charge is 0.465 e. The van der Waals surface area contributed by atoms with Crippen LogP contribution in [0.25, 0.3) is 0 Å². The van der Waals surface area contributed by atoms with E-state index < -0.39 is 0 Å². The summed E-state index contributed by atoms with van der Waals surface area (Å²) in [6.45, 7) is 19.6. The van der Waals surface area contributed by atoms with Gasteiger partial charge < -0.3 is 9.47 Å². The highest BCUT2D eigenvalue weighted by atomic mass is 16.7. The molecule has 4 unspecified atom stereocenters. The van der Waals surface area contributed by atoms with E-state index >= 15 is 0 Å². The van der Waals surface area contributed by atoms with Crippen molar-refractivity contribution >= 4 is 0 Å². The van der Waals surface area contributed by atoms with Gasteiger partial charge in [-0.3, -0.25) is 0 Å². The van der Waals surface area contributed by atoms with Crippen molar-refractivity contribution in [1.29, 1.82) is 0 Å². The number of hydrogen-bond acceptors (Lipinski definition) is 2. The minimum atomic E-state index is -0.188. The summed E-state index contributed by atoms with van der Waals surface area (Å²) >= 11 is 0. The summed E-state index contributed by atoms with van der Waals surface area (Å²) in [5.74, 6) is 1.51. The fourth-order valence-electron chi connectivity index (χ4n) is 4.68. The van der Waals surface area contributed by atoms with Crippen molar-refractivity contribution in [3.05, 3.63) is 42.0 Å². The Morgan fingerprint density at radius 1 is 1.03 bits per heavy atom. The highest BCUT2D eigenvalue weighted by Gasteiger charge is 2.36. The molecule has 2 rings (SSSR count). The van der Waals surface area contributed by atoms with Crippen molar-refractivity contribution in [3.8, 4) is 5.75 Å². The third kappa shape index (κ3) is 9.00. The number of allylic oxidation sites excluding steroid dienone is 1. The van der Waals surface area contributed by atoms with Gasteiger partial charge in [-0.15, -0.1) is 0 Å². The average Bonchev–Trinajstić information content (AvgIpc) is 2.80. The first-order valence-corrected chi connectivity index (χ1v) is 13.0. The standard InChI is InChI=1S/C27H44O2.C2H6/c1-7-12-24(9-3)28-26(20-27(10-4)18-11-13-21(5)19-27)29-25-16-14-23(15-17-25)22(6)8-2;1-2/h14-17,22,24,26H,5,7-13,18-20H2,1-4,6H3;1-2H3. The van der Waals surface area contributed by atoms with Gasteiger partial charge in [-0.1, -0.05) is 79.2 Å². The smallest absolute Gasteiger partial charge is 0.200 e. The molecule has 0 spiro atoms. The summed E-state index contributed by atoms with van der Waals surface area (Å²) in [6.07, 6.45) is 11.4. The van der Waals surface area contributed by atoms with Crippen molar-refractivity contribution in [1.82, 2.24) is 0 Å². The van der Waals surface area contributed by atoms with Crippen LogP contribution < -0.4 is 4.74 Å². The van der Waals surface area contributed by atoms with Crippen molar-refractivity contribution in [2.24, 2.45) is 5.41 Å². The lowest BCUT2D eigenvalue weighted by molar-refractivity contribution is -0.144. The van der Waals surface area contributed by atoms with Crippen LogP contribution in [0, 0.1) is 5.41 Å². The zero-order valence-electron chi connectivity index (χ0n) is 21.6. The number of benzene rings is 1. The Kier molecular flexibility index (Phi) is 13.2. The number of ether oxygens (including phenoxy) is 2. The van der Waals surface area contributed by atoms with Crippen molar-refractivity contribution in [3.63, 3.8) is 0 Å². The first kappa shape index (κ1) is 27.8. The van der Waals surface area contributed by atoms with Crippen LogP contribution in [0.4, 0.5) is 0 Å². The van der Waals surface area contributed by atoms with Crippen LogP contribution in [0.2, 0.25) is 0 Å². The molecule has 2 heteroatoms. The van der Waals surface area contributed by atoms with Crippen LogP contribution in [0.5, 0.6) is 5.75 Å². The van der Waals surface area contributed by atoms with E-state index in [1.807, 2.05) is 13.8 Å². The van der Waals surface area contributed by atoms with Crippen LogP contribution in [0.1, 0.15) is 124 Å². The van der Waals surface area contributed by atoms with Gasteiger partial charge in [-0.05, 0) is 80.4 Å². The number of hydrogen-bond donors (Lipinski definition) is 0. The SMILES string of the molecule is C=C1CCCC(CC)(CC(Oc2ccc(C(C)CC)cc2)OC(CC)CCC)C1.CC. The predicted molar refractivity (Wildman–Crippen MR) is 136 cm³/mol. The van der Waals surface area contributed by atoms with Crippen LogP contribution in [-0.4, -0.2) is 12.4 Å². The molecule has 1 aromatic rings. The van der Waals surface area contributed by atoms with Gasteiger partial charge in [0, 0.05) is 6.42 Å². The second-order valence-electron chi connectivity index (χ2n) is 9.22. The molecule has 0 bridgehead atoms. The van der Waals surface area contributed by atoms with Gasteiger partial charge in [0.05, 0.1) is 6.10 Å². The lowest BCUT2D eigenvalue weighted by Gasteiger charge is -2.40. The Morgan fingerprint density at radius 3 is 2.23 bits per heavy atom. The summed E-state index contributed by atoms with van der Waals surface area (Å²) in [7, 11) is 0. The second-order valence-corrected chi connectivity index (χ2v) is 9.22. The Morgan fingerprint density at radius 2 is 1.71 bits per heavy atom. The Hall–Kier alpha value is -1.28. The van der Waals surface area contributed by atoms with Crippen molar-refractivity contribution in [2.45, 2.75) is 131 Å². The fourth-order valence-corrected chi connectivity index (χ4v) is 4.68. The molecule has 1 aliphatic carbocycles. The summed E-state index contributed by atoms with van der Waals surface area (Å²) in [5.41, 5.74) is 3.04. The van der Waals surface area contributed by atoms with Crippen LogP contribution >= 0.6 is 0 Å². The minimum Gasteiger partial charge on any atom is -0.465 e. The molecule has 1 fully saturated rings. The van der Waals surface area contributed by atoms with E-state index in [4.69, 9.17) is 9.47 Å². The van der Waals surface area contributed by atoms with Crippen molar-refractivity contribution in [2.75, 3.05) is 0 Å². The highest BCUT2D eigenvalue weighted by molar-refractivity contribution is 5.29. The van der Waals surface area contributed by atoms with E-state index in [1.54, 1.807) is 0 Å². The molecule has 0 aliphatic heterocycles. The third-order valence-corrected chi connectivity index (χ3v) is 6.95. The zero-order chi connectivity index (χ0) is 23.3. The van der Waals surface area contributed by atoms with Crippen LogP contribution in [-0.2, 0) is 4.74 Å². The number of rotatable bonds is 12. The molecular weight excluding hydrogens is 380 g/mol. The first-order valence-electron chi connectivity index (χ1n) is 13.0. The van der Waals surface area contributed by atoms with Gasteiger partial charge in [0.2, 0.25) is 6.29 Å². The molecule has 2 nitrogen and oxygen atoms in total. The van der Waals surface area contributed by atoms with Gasteiger partial charge in [-0.2, -0.15) is 0 Å². The molecule has 0 saturated heterocycles. The van der Waals surface area contributed by atoms with E-state index in [-0.39, 0.29) is 17.8 Å². The summed E-state index contributed by atoms with van der Waals surface area (Å²) in [5, 5.41) is 0. The Labute approximate surface area is 193 Å². The topological polar surface area (TPSA) is 18.5 Å². The van der Waals surface area contributed by atoms with E-state index in [2.05, 4.69) is 65.5 Å². The lowest BCUT2D eigenvalue weighted by Crippen LogP contribution is -2.35. The molecule has 0 aromatic heterocycles. The average molecular weight is 431 g/mol. The van der Waals surface area contributed by atoms with E-state index in [0.29, 0.717) is 5.92 Å². The van der Waals surface area contributed by atoms with Gasteiger partial charge in [0.25, 0.3) is 0 Å². The quantitative estimate of drug-likeness (QED) is 0.243. The Balaban J connectivity index is 0.00000233. The molecule has 31 heavy (non-hydrogen) atoms. The molecule has 0 radical (unpaired) electrons. The van der Waals surface area contributed by atoms with Gasteiger partial charge in [0.1, 0.15) is 5.75 Å². The summed E-state index contributed by atoms with van der Waals surface area (Å²) in [4.78, 5) is 0. The third-order valence-electron chi connectivity index (χ3n) is 6.95. The summed E-state index contributed by atoms with van der Waals surface area (Å²) in [6, 6.07) is 8.66. The molecule has 4 atom stereocenters. The molecule has 0 N–H and O–H groups in total. The van der Waals surface area contributed by atoms with Crippen molar-refractivity contribution < 1.29 is 9.47 Å². The highest BCUT2D eigenvalue weighted by Crippen LogP contribution is 2.45. The predicted octanol–water partition coefficient (Wildman–Crippen LogP) is 9.44. The Bertz CT molecular complexity index is 606. The second kappa shape index (κ2) is 14.7. The van der Waals surface area contributed by atoms with Crippen LogP contribution in [0.15, 0.2) is 36.4 Å². The zero-order valence-corrected chi connectivity index (χ0v) is 21.6. The maximum Gasteiger partial charge on any atom is 0.200 e. The van der Waals surface area contributed by atoms with E-state index in [9.17, 15) is 0 Å². The van der Waals surface area contributed by atoms with Gasteiger partial charge in [-0.25, -0.2) is 0 Å². The molecule has 0 heterocycles. The maximum absolute atomic E-state index is 6.56. The monoisotopic (exact) mass is 430 g/mol. The normalized spacial score (nSPS) is 21.6. The molecule has 0 amide bonds. The van der Waals surface area contributed by atoms with E-state index in [1.165, 1.54) is 30.4 Å². The molecular formula is C29H50O2. The molecule has 1 aliphatic rings. The van der Waals surface area contributed by atoms with Gasteiger partial charge >= 0.3 is 0 Å². The minimum absolute atomic E-state index is 0.188. The summed E-state index contributed by atoms with van der Waals surface area (Å²) < 4.78 is 13.0. The molecule has 1 saturated carbocycles. The lowest BCUT2D eigenvalue weighted by atomic mass is 9.68.